The van der Waals surface area contributed by atoms with Crippen LogP contribution in [0.1, 0.15) is 25.0 Å². The van der Waals surface area contributed by atoms with E-state index in [0.717, 1.165) is 17.0 Å². The molecule has 0 amide bonds. The van der Waals surface area contributed by atoms with Crippen LogP contribution in [0.4, 0.5) is 0 Å². The Morgan fingerprint density at radius 1 is 0.381 bits per heavy atom. The van der Waals surface area contributed by atoms with Gasteiger partial charge in [-0.15, -0.1) is 0 Å². The lowest BCUT2D eigenvalue weighted by Crippen LogP contribution is -2.17. The van der Waals surface area contributed by atoms with Crippen LogP contribution in [0.3, 0.4) is 0 Å². The maximum Gasteiger partial charge on any atom is 0.137 e. The van der Waals surface area contributed by atoms with Gasteiger partial charge in [0.1, 0.15) is 5.82 Å². The van der Waals surface area contributed by atoms with Gasteiger partial charge in [0.15, 0.2) is 0 Å². The van der Waals surface area contributed by atoms with Crippen molar-refractivity contribution in [3.05, 3.63) is 211 Å². The predicted octanol–water partition coefficient (Wildman–Crippen LogP) is 15.9. The number of fused-ring (bicyclic) bond motifs is 20. The van der Waals surface area contributed by atoms with E-state index in [1.165, 1.54) is 115 Å². The normalized spacial score (nSPS) is 13.4. The van der Waals surface area contributed by atoms with Gasteiger partial charge in [-0.05, 0) is 125 Å². The zero-order valence-corrected chi connectivity index (χ0v) is 34.9. The molecule has 0 N–H and O–H groups in total. The summed E-state index contributed by atoms with van der Waals surface area (Å²) in [5.41, 5.74) is 13.4. The summed E-state index contributed by atoms with van der Waals surface area (Å²) in [7, 11) is 0. The highest BCUT2D eigenvalue weighted by Gasteiger charge is 2.42. The topological polar surface area (TPSA) is 22.8 Å². The number of pyridine rings is 1. The molecule has 0 spiro atoms. The summed E-state index contributed by atoms with van der Waals surface area (Å²) in [4.78, 5) is 5.09. The summed E-state index contributed by atoms with van der Waals surface area (Å²) in [6, 6.07) is 71.7. The van der Waals surface area contributed by atoms with Crippen LogP contribution >= 0.6 is 0 Å². The molecule has 3 heteroatoms. The first-order valence-corrected chi connectivity index (χ1v) is 22.0. The Kier molecular flexibility index (Phi) is 6.90. The lowest BCUT2D eigenvalue weighted by atomic mass is 9.76. The first-order valence-electron chi connectivity index (χ1n) is 22.0. The second-order valence-corrected chi connectivity index (χ2v) is 17.8. The minimum absolute atomic E-state index is 0.362. The van der Waals surface area contributed by atoms with Crippen molar-refractivity contribution in [2.45, 2.75) is 19.3 Å². The third-order valence-corrected chi connectivity index (χ3v) is 14.2. The Balaban J connectivity index is 1.07. The van der Waals surface area contributed by atoms with Crippen molar-refractivity contribution in [3.8, 4) is 33.8 Å². The Morgan fingerprint density at radius 2 is 0.952 bits per heavy atom. The lowest BCUT2D eigenvalue weighted by molar-refractivity contribution is 0.670. The van der Waals surface area contributed by atoms with Crippen LogP contribution < -0.4 is 0 Å². The van der Waals surface area contributed by atoms with Crippen molar-refractivity contribution in [2.75, 3.05) is 0 Å². The molecule has 13 aromatic rings. The third-order valence-electron chi connectivity index (χ3n) is 14.2. The van der Waals surface area contributed by atoms with Crippen LogP contribution in [0, 0.1) is 0 Å². The summed E-state index contributed by atoms with van der Waals surface area (Å²) < 4.78 is 4.84. The molecule has 0 saturated heterocycles. The average molecular weight is 802 g/mol. The number of nitrogens with zero attached hydrogens (tertiary/aromatic N) is 3. The minimum atomic E-state index is -0.362. The van der Waals surface area contributed by atoms with Gasteiger partial charge in [-0.2, -0.15) is 0 Å². The van der Waals surface area contributed by atoms with Crippen molar-refractivity contribution in [1.29, 1.82) is 0 Å². The molecule has 0 saturated carbocycles. The quantitative estimate of drug-likeness (QED) is 0.163. The first kappa shape index (κ1) is 34.7. The highest BCUT2D eigenvalue weighted by Crippen LogP contribution is 2.59. The first-order chi connectivity index (χ1) is 31.1. The molecule has 1 aliphatic rings. The van der Waals surface area contributed by atoms with E-state index >= 15 is 0 Å². The van der Waals surface area contributed by atoms with Gasteiger partial charge in [0.25, 0.3) is 0 Å². The zero-order valence-electron chi connectivity index (χ0n) is 34.9. The van der Waals surface area contributed by atoms with E-state index in [0.29, 0.717) is 0 Å². The summed E-state index contributed by atoms with van der Waals surface area (Å²) in [5, 5.41) is 15.5. The fourth-order valence-electron chi connectivity index (χ4n) is 11.7. The van der Waals surface area contributed by atoms with E-state index in [1.54, 1.807) is 0 Å². The summed E-state index contributed by atoms with van der Waals surface area (Å²) in [6.45, 7) is 4.92. The van der Waals surface area contributed by atoms with Crippen molar-refractivity contribution < 1.29 is 0 Å². The Bertz CT molecular complexity index is 4090. The highest BCUT2D eigenvalue weighted by atomic mass is 15.1. The lowest BCUT2D eigenvalue weighted by Gasteiger charge is -2.27. The van der Waals surface area contributed by atoms with Crippen LogP contribution in [0.2, 0.25) is 0 Å². The third kappa shape index (κ3) is 4.56. The summed E-state index contributed by atoms with van der Waals surface area (Å²) in [5.74, 6) is 0.919. The second-order valence-electron chi connectivity index (χ2n) is 17.8. The van der Waals surface area contributed by atoms with Crippen LogP contribution in [-0.2, 0) is 5.41 Å². The Hall–Kier alpha value is -8.01. The van der Waals surface area contributed by atoms with Gasteiger partial charge in [0, 0.05) is 38.8 Å². The van der Waals surface area contributed by atoms with E-state index in [1.807, 2.05) is 12.3 Å². The number of rotatable bonds is 3. The maximum absolute atomic E-state index is 5.09. The van der Waals surface area contributed by atoms with Crippen molar-refractivity contribution in [1.82, 2.24) is 14.1 Å². The molecule has 0 aliphatic heterocycles. The molecule has 3 heterocycles. The molecular formula is C60H39N3. The fourth-order valence-corrected chi connectivity index (χ4v) is 11.7. The number of hydrogen-bond donors (Lipinski definition) is 0. The van der Waals surface area contributed by atoms with Gasteiger partial charge < -0.3 is 4.57 Å². The van der Waals surface area contributed by atoms with E-state index < -0.39 is 0 Å². The van der Waals surface area contributed by atoms with Crippen molar-refractivity contribution in [3.63, 3.8) is 0 Å². The monoisotopic (exact) mass is 801 g/mol. The van der Waals surface area contributed by atoms with E-state index in [9.17, 15) is 0 Å². The standard InChI is InChI=1S/C60H39N3/c1-60(2)57-48(55-46-24-11-10-23-45(46)54-43-21-8-6-18-39(43)40-19-7-9-22-44(40)56(54)58(55)60)31-30-47-42-29-27-37(35-52(42)63(59(47)57)53-26-14-15-33-61-53)36-28-32-51-49(34-36)41-20-12-13-25-50(41)62(51)38-16-4-3-5-17-38/h3-35H,1-2H3. The molecule has 294 valence electrons. The van der Waals surface area contributed by atoms with Gasteiger partial charge in [0.05, 0.1) is 22.1 Å². The number of benzene rings is 10. The molecule has 63 heavy (non-hydrogen) atoms. The average Bonchev–Trinajstić information content (AvgIpc) is 3.94. The van der Waals surface area contributed by atoms with Gasteiger partial charge in [-0.3, -0.25) is 4.57 Å². The molecule has 0 atom stereocenters. The molecule has 14 rings (SSSR count). The van der Waals surface area contributed by atoms with Crippen molar-refractivity contribution in [2.24, 2.45) is 0 Å². The summed E-state index contributed by atoms with van der Waals surface area (Å²) >= 11 is 0. The predicted molar refractivity (Wildman–Crippen MR) is 266 cm³/mol. The molecule has 3 nitrogen and oxygen atoms in total. The van der Waals surface area contributed by atoms with E-state index in [4.69, 9.17) is 4.98 Å². The number of hydrogen-bond acceptors (Lipinski definition) is 1. The molecule has 0 radical (unpaired) electrons. The Labute approximate surface area is 363 Å². The minimum Gasteiger partial charge on any atom is -0.309 e. The number of aromatic nitrogens is 3. The molecule has 3 aromatic heterocycles. The van der Waals surface area contributed by atoms with Gasteiger partial charge in [-0.1, -0.05) is 159 Å². The van der Waals surface area contributed by atoms with Gasteiger partial charge in [0.2, 0.25) is 0 Å². The Morgan fingerprint density at radius 3 is 1.70 bits per heavy atom. The largest absolute Gasteiger partial charge is 0.309 e. The summed E-state index contributed by atoms with van der Waals surface area (Å²) in [6.07, 6.45) is 1.93. The van der Waals surface area contributed by atoms with Gasteiger partial charge in [-0.25, -0.2) is 4.98 Å². The molecule has 10 aromatic carbocycles. The second kappa shape index (κ2) is 12.5. The van der Waals surface area contributed by atoms with Gasteiger partial charge >= 0.3 is 0 Å². The molecular weight excluding hydrogens is 763 g/mol. The van der Waals surface area contributed by atoms with Crippen molar-refractivity contribution >= 4 is 86.7 Å². The van der Waals surface area contributed by atoms with Crippen LogP contribution in [0.15, 0.2) is 200 Å². The smallest absolute Gasteiger partial charge is 0.137 e. The van der Waals surface area contributed by atoms with Crippen LogP contribution in [0.5, 0.6) is 0 Å². The van der Waals surface area contributed by atoms with Crippen LogP contribution in [-0.4, -0.2) is 14.1 Å². The van der Waals surface area contributed by atoms with E-state index in [2.05, 4.69) is 211 Å². The molecule has 0 bridgehead atoms. The van der Waals surface area contributed by atoms with E-state index in [-0.39, 0.29) is 5.41 Å². The number of para-hydroxylation sites is 2. The highest BCUT2D eigenvalue weighted by molar-refractivity contribution is 6.35. The fraction of sp³-hybridized carbons (Fsp3) is 0.0500. The molecule has 1 aliphatic carbocycles. The SMILES string of the molecule is CC1(C)c2c(c3ccccc3c3c4ccccc4c4ccccc4c23)-c2ccc3c4ccc(-c5ccc6c(c5)c5ccccc5n6-c5ccccc5)cc4n(-c4ccccn4)c3c21. The van der Waals surface area contributed by atoms with Crippen LogP contribution in [0.25, 0.3) is 120 Å². The molecule has 0 unspecified atom stereocenters. The molecule has 0 fully saturated rings. The maximum atomic E-state index is 5.09. The zero-order chi connectivity index (χ0) is 41.6.